The van der Waals surface area contributed by atoms with Gasteiger partial charge in [0, 0.05) is 30.9 Å². The van der Waals surface area contributed by atoms with E-state index in [1.54, 1.807) is 12.1 Å². The molecule has 6 nitrogen and oxygen atoms in total. The summed E-state index contributed by atoms with van der Waals surface area (Å²) in [5.41, 5.74) is 0.349. The first-order valence-electron chi connectivity index (χ1n) is 7.56. The number of aromatic nitrogens is 2. The van der Waals surface area contributed by atoms with Gasteiger partial charge in [-0.15, -0.1) is 10.2 Å². The lowest BCUT2D eigenvalue weighted by atomic mass is 9.99. The van der Waals surface area contributed by atoms with E-state index >= 15 is 0 Å². The van der Waals surface area contributed by atoms with Crippen molar-refractivity contribution in [3.05, 3.63) is 42.0 Å². The van der Waals surface area contributed by atoms with Gasteiger partial charge in [-0.3, -0.25) is 4.79 Å². The molecule has 3 rings (SSSR count). The third-order valence-corrected chi connectivity index (χ3v) is 3.70. The quantitative estimate of drug-likeness (QED) is 0.899. The van der Waals surface area contributed by atoms with E-state index < -0.39 is 11.6 Å². The molecule has 1 aliphatic heterocycles. The minimum absolute atomic E-state index is 0.0828. The van der Waals surface area contributed by atoms with Crippen LogP contribution in [-0.4, -0.2) is 29.3 Å². The Morgan fingerprint density at radius 2 is 1.75 bits per heavy atom. The molecule has 0 saturated carbocycles. The summed E-state index contributed by atoms with van der Waals surface area (Å²) >= 11 is 0. The summed E-state index contributed by atoms with van der Waals surface area (Å²) in [6.07, 6.45) is 1.38. The van der Waals surface area contributed by atoms with Crippen molar-refractivity contribution in [1.29, 1.82) is 0 Å². The first kappa shape index (κ1) is 16.3. The highest BCUT2D eigenvalue weighted by Crippen LogP contribution is 2.19. The predicted octanol–water partition coefficient (Wildman–Crippen LogP) is 2.86. The van der Waals surface area contributed by atoms with Crippen molar-refractivity contribution in [2.75, 3.05) is 23.8 Å². The molecule has 1 aromatic carbocycles. The molecule has 2 heterocycles. The molecule has 8 heteroatoms. The maximum absolute atomic E-state index is 13.2. The van der Waals surface area contributed by atoms with Gasteiger partial charge in [0.2, 0.25) is 5.91 Å². The van der Waals surface area contributed by atoms with E-state index in [1.165, 1.54) is 6.07 Å². The van der Waals surface area contributed by atoms with Crippen LogP contribution < -0.4 is 10.6 Å². The molecule has 0 radical (unpaired) electrons. The molecule has 2 aromatic rings. The van der Waals surface area contributed by atoms with Crippen LogP contribution in [0.3, 0.4) is 0 Å². The van der Waals surface area contributed by atoms with Crippen LogP contribution in [0, 0.1) is 17.6 Å². The van der Waals surface area contributed by atoms with E-state index in [4.69, 9.17) is 4.74 Å². The number of ether oxygens (including phenoxy) is 1. The molecule has 1 aromatic heterocycles. The van der Waals surface area contributed by atoms with Crippen molar-refractivity contribution >= 4 is 23.2 Å². The molecule has 2 N–H and O–H groups in total. The van der Waals surface area contributed by atoms with Gasteiger partial charge in [-0.25, -0.2) is 8.78 Å². The molecular formula is C16H16F2N4O2. The van der Waals surface area contributed by atoms with Crippen LogP contribution in [0.25, 0.3) is 0 Å². The zero-order valence-corrected chi connectivity index (χ0v) is 12.8. The third-order valence-electron chi connectivity index (χ3n) is 3.70. The summed E-state index contributed by atoms with van der Waals surface area (Å²) in [6.45, 7) is 1.17. The van der Waals surface area contributed by atoms with Crippen LogP contribution in [-0.2, 0) is 9.53 Å². The molecule has 0 spiro atoms. The highest BCUT2D eigenvalue weighted by molar-refractivity contribution is 5.91. The molecule has 24 heavy (non-hydrogen) atoms. The molecule has 0 atom stereocenters. The summed E-state index contributed by atoms with van der Waals surface area (Å²) in [5, 5.41) is 13.3. The Morgan fingerprint density at radius 1 is 1.04 bits per heavy atom. The number of benzene rings is 1. The smallest absolute Gasteiger partial charge is 0.228 e. The lowest BCUT2D eigenvalue weighted by Gasteiger charge is -2.20. The second-order valence-corrected chi connectivity index (χ2v) is 5.43. The Hall–Kier alpha value is -2.61. The van der Waals surface area contributed by atoms with E-state index in [-0.39, 0.29) is 11.8 Å². The van der Waals surface area contributed by atoms with Crippen LogP contribution in [0.15, 0.2) is 30.3 Å². The topological polar surface area (TPSA) is 76.1 Å². The highest BCUT2D eigenvalue weighted by atomic mass is 19.2. The van der Waals surface area contributed by atoms with Crippen LogP contribution in [0.2, 0.25) is 0 Å². The fraction of sp³-hybridized carbons (Fsp3) is 0.312. The van der Waals surface area contributed by atoms with E-state index in [2.05, 4.69) is 20.8 Å². The molecule has 1 saturated heterocycles. The number of carbonyl (C=O) groups excluding carboxylic acids is 1. The van der Waals surface area contributed by atoms with Gasteiger partial charge < -0.3 is 15.4 Å². The maximum atomic E-state index is 13.2. The van der Waals surface area contributed by atoms with Crippen molar-refractivity contribution in [3.8, 4) is 0 Å². The Morgan fingerprint density at radius 3 is 2.42 bits per heavy atom. The van der Waals surface area contributed by atoms with Crippen LogP contribution in [0.4, 0.5) is 26.1 Å². The third kappa shape index (κ3) is 4.02. The number of nitrogens with one attached hydrogen (secondary N) is 2. The monoisotopic (exact) mass is 334 g/mol. The van der Waals surface area contributed by atoms with Crippen molar-refractivity contribution in [1.82, 2.24) is 10.2 Å². The van der Waals surface area contributed by atoms with Crippen molar-refractivity contribution in [3.63, 3.8) is 0 Å². The number of nitrogens with zero attached hydrogens (tertiary/aromatic N) is 2. The number of anilines is 3. The Balaban J connectivity index is 1.60. The summed E-state index contributed by atoms with van der Waals surface area (Å²) < 4.78 is 31.3. The number of carbonyl (C=O) groups is 1. The van der Waals surface area contributed by atoms with Crippen molar-refractivity contribution < 1.29 is 18.3 Å². The summed E-state index contributed by atoms with van der Waals surface area (Å²) in [7, 11) is 0. The molecule has 0 bridgehead atoms. The van der Waals surface area contributed by atoms with Crippen molar-refractivity contribution in [2.45, 2.75) is 12.8 Å². The fourth-order valence-corrected chi connectivity index (χ4v) is 2.38. The fourth-order valence-electron chi connectivity index (χ4n) is 2.38. The lowest BCUT2D eigenvalue weighted by molar-refractivity contribution is -0.122. The number of hydrogen-bond acceptors (Lipinski definition) is 5. The Bertz CT molecular complexity index is 719. The van der Waals surface area contributed by atoms with Gasteiger partial charge >= 0.3 is 0 Å². The summed E-state index contributed by atoms with van der Waals surface area (Å²) in [5.74, 6) is -1.37. The standard InChI is InChI=1S/C16H16F2N4O2/c17-12-2-1-11(9-13(12)18)19-14-3-4-15(22-21-14)20-16(23)10-5-7-24-8-6-10/h1-4,9-10H,5-8H2,(H,19,21)(H,20,22,23). The van der Waals surface area contributed by atoms with Gasteiger partial charge in [-0.2, -0.15) is 0 Å². The van der Waals surface area contributed by atoms with Gasteiger partial charge in [0.25, 0.3) is 0 Å². The van der Waals surface area contributed by atoms with E-state index in [1.807, 2.05) is 0 Å². The largest absolute Gasteiger partial charge is 0.381 e. The molecule has 126 valence electrons. The van der Waals surface area contributed by atoms with E-state index in [0.717, 1.165) is 12.1 Å². The van der Waals surface area contributed by atoms with Crippen LogP contribution in [0.5, 0.6) is 0 Å². The molecule has 1 fully saturated rings. The second-order valence-electron chi connectivity index (χ2n) is 5.43. The predicted molar refractivity (Wildman–Crippen MR) is 83.8 cm³/mol. The maximum Gasteiger partial charge on any atom is 0.228 e. The first-order valence-corrected chi connectivity index (χ1v) is 7.56. The van der Waals surface area contributed by atoms with Gasteiger partial charge in [0.1, 0.15) is 0 Å². The zero-order chi connectivity index (χ0) is 16.9. The minimum atomic E-state index is -0.951. The molecular weight excluding hydrogens is 318 g/mol. The average Bonchev–Trinajstić information content (AvgIpc) is 2.61. The lowest BCUT2D eigenvalue weighted by Crippen LogP contribution is -2.28. The number of rotatable bonds is 4. The summed E-state index contributed by atoms with van der Waals surface area (Å²) in [6, 6.07) is 6.62. The van der Waals surface area contributed by atoms with E-state index in [9.17, 15) is 13.6 Å². The van der Waals surface area contributed by atoms with E-state index in [0.29, 0.717) is 43.4 Å². The van der Waals surface area contributed by atoms with Crippen molar-refractivity contribution in [2.24, 2.45) is 5.92 Å². The normalized spacial score (nSPS) is 15.1. The van der Waals surface area contributed by atoms with Gasteiger partial charge in [0.15, 0.2) is 23.3 Å². The minimum Gasteiger partial charge on any atom is -0.381 e. The van der Waals surface area contributed by atoms with Gasteiger partial charge in [-0.05, 0) is 37.1 Å². The summed E-state index contributed by atoms with van der Waals surface area (Å²) in [4.78, 5) is 12.1. The number of halogens is 2. The highest BCUT2D eigenvalue weighted by Gasteiger charge is 2.21. The molecule has 0 unspecified atom stereocenters. The molecule has 1 amide bonds. The molecule has 1 aliphatic rings. The SMILES string of the molecule is O=C(Nc1ccc(Nc2ccc(F)c(F)c2)nn1)C1CCOCC1. The molecule has 0 aliphatic carbocycles. The Labute approximate surface area is 137 Å². The second kappa shape index (κ2) is 7.31. The first-order chi connectivity index (χ1) is 11.6. The van der Waals surface area contributed by atoms with Gasteiger partial charge in [-0.1, -0.05) is 0 Å². The Kier molecular flexibility index (Phi) is 4.95. The zero-order valence-electron chi connectivity index (χ0n) is 12.8. The van der Waals surface area contributed by atoms with Crippen LogP contribution >= 0.6 is 0 Å². The van der Waals surface area contributed by atoms with Gasteiger partial charge in [0.05, 0.1) is 0 Å². The number of amides is 1. The number of hydrogen-bond donors (Lipinski definition) is 2. The average molecular weight is 334 g/mol. The van der Waals surface area contributed by atoms with Crippen LogP contribution in [0.1, 0.15) is 12.8 Å².